The molecule has 2 aromatic heterocycles. The van der Waals surface area contributed by atoms with Crippen molar-refractivity contribution >= 4 is 28.6 Å². The molecule has 0 fully saturated rings. The van der Waals surface area contributed by atoms with Crippen molar-refractivity contribution in [3.05, 3.63) is 45.3 Å². The van der Waals surface area contributed by atoms with Gasteiger partial charge >= 0.3 is 0 Å². The van der Waals surface area contributed by atoms with Gasteiger partial charge in [-0.15, -0.1) is 0 Å². The van der Waals surface area contributed by atoms with Crippen LogP contribution < -0.4 is 15.2 Å². The molecule has 0 amide bonds. The predicted molar refractivity (Wildman–Crippen MR) is 103 cm³/mol. The molecule has 0 aliphatic carbocycles. The summed E-state index contributed by atoms with van der Waals surface area (Å²) in [5.74, 6) is 1.18. The smallest absolute Gasteiger partial charge is 0.263 e. The van der Waals surface area contributed by atoms with E-state index in [1.165, 1.54) is 0 Å². The number of aromatic amines is 1. The minimum atomic E-state index is -0.283. The molecule has 0 atom stereocenters. The molecule has 0 spiro atoms. The molecular weight excluding hydrogens is 354 g/mol. The van der Waals surface area contributed by atoms with E-state index in [-0.39, 0.29) is 11.1 Å². The van der Waals surface area contributed by atoms with E-state index in [0.29, 0.717) is 28.5 Å². The van der Waals surface area contributed by atoms with Crippen LogP contribution in [0.3, 0.4) is 0 Å². The first-order valence-corrected chi connectivity index (χ1v) is 8.60. The highest BCUT2D eigenvalue weighted by atomic mass is 35.5. The van der Waals surface area contributed by atoms with Crippen molar-refractivity contribution < 1.29 is 4.74 Å². The molecule has 0 aliphatic rings. The van der Waals surface area contributed by atoms with Gasteiger partial charge in [-0.1, -0.05) is 11.6 Å². The third kappa shape index (κ3) is 3.39. The average Bonchev–Trinajstić information content (AvgIpc) is 3.00. The Morgan fingerprint density at radius 1 is 1.35 bits per heavy atom. The number of rotatable bonds is 4. The lowest BCUT2D eigenvalue weighted by Gasteiger charge is -2.22. The largest absolute Gasteiger partial charge is 0.496 e. The van der Waals surface area contributed by atoms with E-state index in [1.807, 2.05) is 44.9 Å². The Labute approximate surface area is 156 Å². The lowest BCUT2D eigenvalue weighted by Crippen LogP contribution is -2.26. The molecule has 138 valence electrons. The average molecular weight is 376 g/mol. The zero-order valence-corrected chi connectivity index (χ0v) is 16.3. The van der Waals surface area contributed by atoms with E-state index in [0.717, 1.165) is 11.3 Å². The first-order chi connectivity index (χ1) is 12.2. The number of ether oxygens (including phenoxy) is 1. The maximum Gasteiger partial charge on any atom is 0.263 e. The molecule has 0 bridgehead atoms. The monoisotopic (exact) mass is 375 g/mol. The number of hydrogen-bond donors (Lipinski definition) is 1. The number of halogens is 1. The zero-order valence-electron chi connectivity index (χ0n) is 15.5. The number of nitrogens with one attached hydrogen (secondary N) is 1. The molecule has 3 aromatic rings. The number of H-pyrrole nitrogens is 1. The molecule has 0 aliphatic heterocycles. The first-order valence-electron chi connectivity index (χ1n) is 8.23. The minimum Gasteiger partial charge on any atom is -0.496 e. The summed E-state index contributed by atoms with van der Waals surface area (Å²) in [5, 5.41) is 5.42. The van der Waals surface area contributed by atoms with Crippen LogP contribution in [0, 0.1) is 0 Å². The molecule has 1 aromatic carbocycles. The third-order valence-corrected chi connectivity index (χ3v) is 4.31. The van der Waals surface area contributed by atoms with Crippen LogP contribution in [0.15, 0.2) is 29.2 Å². The summed E-state index contributed by atoms with van der Waals surface area (Å²) < 4.78 is 7.15. The van der Waals surface area contributed by atoms with E-state index in [1.54, 1.807) is 24.1 Å². The molecule has 0 radical (unpaired) electrons. The molecule has 1 N–H and O–H groups in total. The van der Waals surface area contributed by atoms with Crippen molar-refractivity contribution in [2.75, 3.05) is 19.1 Å². The Kier molecular flexibility index (Phi) is 4.66. The molecule has 3 rings (SSSR count). The second kappa shape index (κ2) is 6.64. The number of hydrogen-bond acceptors (Lipinski definition) is 5. The fourth-order valence-electron chi connectivity index (χ4n) is 2.78. The molecule has 8 heteroatoms. The maximum atomic E-state index is 12.5. The van der Waals surface area contributed by atoms with E-state index in [9.17, 15) is 4.79 Å². The van der Waals surface area contributed by atoms with Gasteiger partial charge in [0.1, 0.15) is 11.1 Å². The molecule has 26 heavy (non-hydrogen) atoms. The second-order valence-electron chi connectivity index (χ2n) is 7.17. The highest BCUT2D eigenvalue weighted by Crippen LogP contribution is 2.25. The SMILES string of the molecule is COc1ccc(Cl)cc1CN(C)c1nc2c(cnn2C(C)(C)C)c(=O)[nH]1. The minimum absolute atomic E-state index is 0.217. The van der Waals surface area contributed by atoms with Crippen molar-refractivity contribution in [1.29, 1.82) is 0 Å². The van der Waals surface area contributed by atoms with E-state index in [4.69, 9.17) is 16.3 Å². The number of benzene rings is 1. The van der Waals surface area contributed by atoms with Gasteiger partial charge in [0.2, 0.25) is 5.95 Å². The van der Waals surface area contributed by atoms with Gasteiger partial charge in [0.25, 0.3) is 5.56 Å². The Morgan fingerprint density at radius 2 is 2.08 bits per heavy atom. The van der Waals surface area contributed by atoms with E-state index < -0.39 is 0 Å². The highest BCUT2D eigenvalue weighted by Gasteiger charge is 2.21. The van der Waals surface area contributed by atoms with Crippen molar-refractivity contribution in [1.82, 2.24) is 19.7 Å². The van der Waals surface area contributed by atoms with Gasteiger partial charge in [-0.2, -0.15) is 10.1 Å². The first kappa shape index (κ1) is 18.3. The molecular formula is C18H22ClN5O2. The Hall–Kier alpha value is -2.54. The summed E-state index contributed by atoms with van der Waals surface area (Å²) in [6.07, 6.45) is 1.55. The van der Waals surface area contributed by atoms with E-state index in [2.05, 4.69) is 15.1 Å². The number of nitrogens with zero attached hydrogens (tertiary/aromatic N) is 4. The molecule has 0 saturated heterocycles. The lowest BCUT2D eigenvalue weighted by molar-refractivity contribution is 0.366. The fraction of sp³-hybridized carbons (Fsp3) is 0.389. The molecule has 0 saturated carbocycles. The number of anilines is 1. The van der Waals surface area contributed by atoms with Crippen LogP contribution in [0.5, 0.6) is 5.75 Å². The van der Waals surface area contributed by atoms with Crippen molar-refractivity contribution in [3.63, 3.8) is 0 Å². The molecule has 0 unspecified atom stereocenters. The van der Waals surface area contributed by atoms with Crippen LogP contribution in [0.4, 0.5) is 5.95 Å². The number of aromatic nitrogens is 4. The highest BCUT2D eigenvalue weighted by molar-refractivity contribution is 6.30. The summed E-state index contributed by atoms with van der Waals surface area (Å²) in [7, 11) is 3.46. The molecule has 2 heterocycles. The van der Waals surface area contributed by atoms with Crippen LogP contribution in [-0.4, -0.2) is 33.9 Å². The summed E-state index contributed by atoms with van der Waals surface area (Å²) in [6.45, 7) is 6.52. The number of fused-ring (bicyclic) bond motifs is 1. The maximum absolute atomic E-state index is 12.5. The van der Waals surface area contributed by atoms with Gasteiger partial charge < -0.3 is 9.64 Å². The van der Waals surface area contributed by atoms with Crippen LogP contribution in [0.2, 0.25) is 5.02 Å². The van der Waals surface area contributed by atoms with Gasteiger partial charge in [0, 0.05) is 24.2 Å². The van der Waals surface area contributed by atoms with Crippen molar-refractivity contribution in [2.45, 2.75) is 32.9 Å². The van der Waals surface area contributed by atoms with Crippen LogP contribution in [0.25, 0.3) is 11.0 Å². The van der Waals surface area contributed by atoms with Gasteiger partial charge in [-0.05, 0) is 39.0 Å². The standard InChI is InChI=1S/C18H22ClN5O2/c1-18(2,3)24-15-13(9-20-24)16(25)22-17(21-15)23(4)10-11-8-12(19)6-7-14(11)26-5/h6-9H,10H2,1-5H3,(H,21,22,25). The second-order valence-corrected chi connectivity index (χ2v) is 7.60. The quantitative estimate of drug-likeness (QED) is 0.758. The summed E-state index contributed by atoms with van der Waals surface area (Å²) in [6, 6.07) is 5.43. The van der Waals surface area contributed by atoms with Gasteiger partial charge in [-0.3, -0.25) is 9.78 Å². The number of methoxy groups -OCH3 is 1. The third-order valence-electron chi connectivity index (χ3n) is 4.07. The van der Waals surface area contributed by atoms with E-state index >= 15 is 0 Å². The fourth-order valence-corrected chi connectivity index (χ4v) is 2.97. The Morgan fingerprint density at radius 3 is 2.73 bits per heavy atom. The van der Waals surface area contributed by atoms with Crippen LogP contribution >= 0.6 is 11.6 Å². The van der Waals surface area contributed by atoms with Gasteiger partial charge in [0.05, 0.1) is 18.8 Å². The summed E-state index contributed by atoms with van der Waals surface area (Å²) in [5.41, 5.74) is 0.954. The summed E-state index contributed by atoms with van der Waals surface area (Å²) in [4.78, 5) is 21.7. The Balaban J connectivity index is 2.03. The predicted octanol–water partition coefficient (Wildman–Crippen LogP) is 3.17. The van der Waals surface area contributed by atoms with Crippen molar-refractivity contribution in [2.24, 2.45) is 0 Å². The molecule has 7 nitrogen and oxygen atoms in total. The van der Waals surface area contributed by atoms with Gasteiger partial charge in [0.15, 0.2) is 5.65 Å². The van der Waals surface area contributed by atoms with Crippen LogP contribution in [0.1, 0.15) is 26.3 Å². The van der Waals surface area contributed by atoms with Crippen molar-refractivity contribution in [3.8, 4) is 5.75 Å². The topological polar surface area (TPSA) is 76.0 Å². The lowest BCUT2D eigenvalue weighted by atomic mass is 10.1. The Bertz CT molecular complexity index is 1000. The van der Waals surface area contributed by atoms with Crippen LogP contribution in [-0.2, 0) is 12.1 Å². The van der Waals surface area contributed by atoms with Gasteiger partial charge in [-0.25, -0.2) is 4.68 Å². The normalized spacial score (nSPS) is 11.8. The zero-order chi connectivity index (χ0) is 19.1. The summed E-state index contributed by atoms with van der Waals surface area (Å²) >= 11 is 6.10.